The van der Waals surface area contributed by atoms with Crippen LogP contribution in [0.4, 0.5) is 4.39 Å². The highest BCUT2D eigenvalue weighted by molar-refractivity contribution is 6.33. The summed E-state index contributed by atoms with van der Waals surface area (Å²) in [6.45, 7) is 0. The third-order valence-electron chi connectivity index (χ3n) is 2.66. The number of hydrogen-bond acceptors (Lipinski definition) is 1. The van der Waals surface area contributed by atoms with Gasteiger partial charge >= 0.3 is 0 Å². The Labute approximate surface area is 99.1 Å². The zero-order chi connectivity index (χ0) is 11.8. The molecule has 3 aromatic rings. The van der Waals surface area contributed by atoms with Crippen LogP contribution in [0.3, 0.4) is 0 Å². The van der Waals surface area contributed by atoms with Gasteiger partial charge in [0.2, 0.25) is 0 Å². The number of nitrogens with zero attached hydrogens (tertiary/aromatic N) is 2. The monoisotopic (exact) mass is 222 g/mol. The highest BCUT2D eigenvalue weighted by atomic mass is 19.1. The number of aromatic nitrogens is 2. The van der Waals surface area contributed by atoms with Crippen molar-refractivity contribution >= 4 is 24.2 Å². The molecule has 0 amide bonds. The van der Waals surface area contributed by atoms with Crippen molar-refractivity contribution in [3.63, 3.8) is 0 Å². The molecule has 17 heavy (non-hydrogen) atoms. The lowest BCUT2D eigenvalue weighted by Crippen LogP contribution is -2.01. The van der Waals surface area contributed by atoms with Gasteiger partial charge < -0.3 is 0 Å². The van der Waals surface area contributed by atoms with Gasteiger partial charge in [-0.2, -0.15) is 5.10 Å². The van der Waals surface area contributed by atoms with E-state index in [1.54, 1.807) is 23.0 Å². The summed E-state index contributed by atoms with van der Waals surface area (Å²) in [7, 11) is 5.71. The van der Waals surface area contributed by atoms with Crippen molar-refractivity contribution < 1.29 is 4.39 Å². The van der Waals surface area contributed by atoms with Crippen LogP contribution in [0.25, 0.3) is 16.6 Å². The fourth-order valence-corrected chi connectivity index (χ4v) is 1.84. The molecule has 0 aliphatic rings. The van der Waals surface area contributed by atoms with Crippen molar-refractivity contribution in [3.05, 3.63) is 54.5 Å². The lowest BCUT2D eigenvalue weighted by Gasteiger charge is -2.03. The fourth-order valence-electron chi connectivity index (χ4n) is 1.84. The summed E-state index contributed by atoms with van der Waals surface area (Å²) < 4.78 is 14.6. The van der Waals surface area contributed by atoms with E-state index in [-0.39, 0.29) is 5.82 Å². The van der Waals surface area contributed by atoms with Crippen LogP contribution >= 0.6 is 0 Å². The predicted octanol–water partition coefficient (Wildman–Crippen LogP) is 1.96. The quantitative estimate of drug-likeness (QED) is 0.575. The van der Waals surface area contributed by atoms with Crippen LogP contribution in [0, 0.1) is 5.82 Å². The molecule has 0 unspecified atom stereocenters. The van der Waals surface area contributed by atoms with Gasteiger partial charge in [0, 0.05) is 5.39 Å². The van der Waals surface area contributed by atoms with Crippen LogP contribution in [0.5, 0.6) is 0 Å². The van der Waals surface area contributed by atoms with E-state index in [9.17, 15) is 4.39 Å². The number of halogens is 1. The van der Waals surface area contributed by atoms with E-state index in [0.717, 1.165) is 16.6 Å². The average Bonchev–Trinajstić information content (AvgIpc) is 2.73. The Morgan fingerprint density at radius 2 is 1.82 bits per heavy atom. The summed E-state index contributed by atoms with van der Waals surface area (Å²) in [6, 6.07) is 11.8. The molecule has 0 N–H and O–H groups in total. The molecule has 1 aromatic heterocycles. The predicted molar refractivity (Wildman–Crippen MR) is 66.4 cm³/mol. The van der Waals surface area contributed by atoms with E-state index in [4.69, 9.17) is 7.85 Å². The standard InChI is InChI=1S/C13H8BFN2/c14-10-1-6-13-9(7-10)8-16-17(13)12-4-2-11(15)3-5-12/h1-8H. The summed E-state index contributed by atoms with van der Waals surface area (Å²) in [5.41, 5.74) is 2.48. The van der Waals surface area contributed by atoms with Crippen molar-refractivity contribution in [1.82, 2.24) is 9.78 Å². The van der Waals surface area contributed by atoms with Crippen molar-refractivity contribution in [1.29, 1.82) is 0 Å². The number of hydrogen-bond donors (Lipinski definition) is 0. The first-order valence-corrected chi connectivity index (χ1v) is 5.23. The van der Waals surface area contributed by atoms with Gasteiger partial charge in [-0.3, -0.25) is 0 Å². The van der Waals surface area contributed by atoms with E-state index in [1.807, 2.05) is 18.2 Å². The average molecular weight is 222 g/mol. The van der Waals surface area contributed by atoms with Gasteiger partial charge in [-0.05, 0) is 30.3 Å². The highest BCUT2D eigenvalue weighted by Gasteiger charge is 2.04. The molecule has 1 heterocycles. The second kappa shape index (κ2) is 3.73. The maximum Gasteiger partial charge on any atom is 0.123 e. The maximum atomic E-state index is 12.8. The smallest absolute Gasteiger partial charge is 0.123 e. The SMILES string of the molecule is [B]c1ccc2c(cnn2-c2ccc(F)cc2)c1. The van der Waals surface area contributed by atoms with E-state index in [1.165, 1.54) is 12.1 Å². The van der Waals surface area contributed by atoms with Crippen LogP contribution in [0.2, 0.25) is 0 Å². The molecular weight excluding hydrogens is 214 g/mol. The van der Waals surface area contributed by atoms with Crippen molar-refractivity contribution in [3.8, 4) is 5.69 Å². The molecule has 0 bridgehead atoms. The van der Waals surface area contributed by atoms with Crippen LogP contribution in [0.1, 0.15) is 0 Å². The minimum Gasteiger partial charge on any atom is -0.233 e. The van der Waals surface area contributed by atoms with Gasteiger partial charge in [0.25, 0.3) is 0 Å². The van der Waals surface area contributed by atoms with Gasteiger partial charge in [0.1, 0.15) is 13.7 Å². The van der Waals surface area contributed by atoms with Crippen molar-refractivity contribution in [2.45, 2.75) is 0 Å². The molecule has 0 atom stereocenters. The topological polar surface area (TPSA) is 17.8 Å². The van der Waals surface area contributed by atoms with Gasteiger partial charge in [0.05, 0.1) is 17.4 Å². The van der Waals surface area contributed by atoms with Gasteiger partial charge in [-0.25, -0.2) is 9.07 Å². The molecule has 0 aliphatic heterocycles. The highest BCUT2D eigenvalue weighted by Crippen LogP contribution is 2.17. The maximum absolute atomic E-state index is 12.8. The van der Waals surface area contributed by atoms with E-state index in [0.29, 0.717) is 5.46 Å². The third kappa shape index (κ3) is 1.71. The molecule has 0 saturated heterocycles. The fraction of sp³-hybridized carbons (Fsp3) is 0. The molecule has 3 rings (SSSR count). The van der Waals surface area contributed by atoms with Gasteiger partial charge in [-0.15, -0.1) is 0 Å². The lowest BCUT2D eigenvalue weighted by molar-refractivity contribution is 0.627. The first-order chi connectivity index (χ1) is 8.24. The molecule has 2 nitrogen and oxygen atoms in total. The minimum absolute atomic E-state index is 0.255. The number of rotatable bonds is 1. The molecule has 0 saturated carbocycles. The molecule has 0 fully saturated rings. The second-order valence-corrected chi connectivity index (χ2v) is 3.85. The molecule has 4 heteroatoms. The molecule has 0 aliphatic carbocycles. The van der Waals surface area contributed by atoms with Crippen LogP contribution in [0.15, 0.2) is 48.7 Å². The summed E-state index contributed by atoms with van der Waals surface area (Å²) >= 11 is 0. The summed E-state index contributed by atoms with van der Waals surface area (Å²) in [5.74, 6) is -0.255. The zero-order valence-corrected chi connectivity index (χ0v) is 8.97. The largest absolute Gasteiger partial charge is 0.233 e. The van der Waals surface area contributed by atoms with E-state index >= 15 is 0 Å². The van der Waals surface area contributed by atoms with Crippen molar-refractivity contribution in [2.24, 2.45) is 0 Å². The Morgan fingerprint density at radius 1 is 1.06 bits per heavy atom. The van der Waals surface area contributed by atoms with E-state index < -0.39 is 0 Å². The lowest BCUT2D eigenvalue weighted by atomic mass is 9.95. The van der Waals surface area contributed by atoms with Gasteiger partial charge in [0.15, 0.2) is 0 Å². The van der Waals surface area contributed by atoms with Crippen molar-refractivity contribution in [2.75, 3.05) is 0 Å². The number of benzene rings is 2. The van der Waals surface area contributed by atoms with Crippen LogP contribution < -0.4 is 5.46 Å². The number of fused-ring (bicyclic) bond motifs is 1. The minimum atomic E-state index is -0.255. The summed E-state index contributed by atoms with van der Waals surface area (Å²) in [5, 5.41) is 5.24. The molecule has 80 valence electrons. The van der Waals surface area contributed by atoms with Crippen LogP contribution in [-0.4, -0.2) is 17.6 Å². The Balaban J connectivity index is 2.21. The normalized spacial score (nSPS) is 10.9. The molecular formula is C13H8BFN2. The Hall–Kier alpha value is -2.10. The first kappa shape index (κ1) is 10.1. The molecule has 2 aromatic carbocycles. The molecule has 0 spiro atoms. The Bertz CT molecular complexity index is 673. The zero-order valence-electron chi connectivity index (χ0n) is 8.97. The van der Waals surface area contributed by atoms with Gasteiger partial charge in [-0.1, -0.05) is 17.6 Å². The van der Waals surface area contributed by atoms with E-state index in [2.05, 4.69) is 5.10 Å². The second-order valence-electron chi connectivity index (χ2n) is 3.85. The van der Waals surface area contributed by atoms with Crippen LogP contribution in [-0.2, 0) is 0 Å². The summed E-state index contributed by atoms with van der Waals surface area (Å²) in [4.78, 5) is 0. The summed E-state index contributed by atoms with van der Waals surface area (Å²) in [6.07, 6.45) is 1.75. The molecule has 2 radical (unpaired) electrons. The Morgan fingerprint density at radius 3 is 2.59 bits per heavy atom. The first-order valence-electron chi connectivity index (χ1n) is 5.23. The Kier molecular flexibility index (Phi) is 2.21. The third-order valence-corrected chi connectivity index (χ3v) is 2.66.